The number of guanidine groups is 1. The number of hydrazine groups is 2. The number of nitrogens with one attached hydrogen (secondary N) is 3. The van der Waals surface area contributed by atoms with Gasteiger partial charge in [0.05, 0.1) is 17.5 Å². The Bertz CT molecular complexity index is 1830. The van der Waals surface area contributed by atoms with E-state index in [1.807, 2.05) is 25.5 Å². The van der Waals surface area contributed by atoms with E-state index in [4.69, 9.17) is 0 Å². The number of hydrogen-bond acceptors (Lipinski definition) is 9. The molecule has 0 unspecified atom stereocenters. The van der Waals surface area contributed by atoms with Gasteiger partial charge < -0.3 is 4.90 Å². The third kappa shape index (κ3) is 7.42. The van der Waals surface area contributed by atoms with Gasteiger partial charge in [-0.2, -0.15) is 0 Å². The monoisotopic (exact) mass is 651 g/mol. The number of Topliss-reactive ketones (excluding diaryl/α,β-unsaturated/α-hetero) is 1. The molecule has 3 aromatic carbocycles. The van der Waals surface area contributed by atoms with E-state index in [1.165, 1.54) is 34.2 Å². The summed E-state index contributed by atoms with van der Waals surface area (Å²) in [5.41, 5.74) is 14.5. The Hall–Kier alpha value is -4.61. The van der Waals surface area contributed by atoms with E-state index >= 15 is 0 Å². The van der Waals surface area contributed by atoms with Crippen LogP contribution in [0.15, 0.2) is 59.7 Å². The number of fused-ring (bicyclic) bond motifs is 1. The molecule has 11 nitrogen and oxygen atoms in total. The lowest BCUT2D eigenvalue weighted by Crippen LogP contribution is -2.52. The maximum atomic E-state index is 14.3. The lowest BCUT2D eigenvalue weighted by molar-refractivity contribution is -0.129. The summed E-state index contributed by atoms with van der Waals surface area (Å²) in [6, 6.07) is 19.3. The summed E-state index contributed by atoms with van der Waals surface area (Å²) in [6.07, 6.45) is 2.12. The molecule has 0 fully saturated rings. The highest BCUT2D eigenvalue weighted by Gasteiger charge is 2.41. The number of rotatable bonds is 13. The van der Waals surface area contributed by atoms with Crippen LogP contribution in [0.5, 0.6) is 0 Å². The molecule has 254 valence electrons. The van der Waals surface area contributed by atoms with Gasteiger partial charge in [0.1, 0.15) is 5.52 Å². The van der Waals surface area contributed by atoms with E-state index < -0.39 is 5.41 Å². The van der Waals surface area contributed by atoms with E-state index in [2.05, 4.69) is 119 Å². The molecule has 3 N–H and O–H groups in total. The van der Waals surface area contributed by atoms with Gasteiger partial charge in [-0.3, -0.25) is 14.9 Å². The number of aromatic nitrogens is 3. The Kier molecular flexibility index (Phi) is 10.6. The van der Waals surface area contributed by atoms with Crippen LogP contribution in [0.4, 0.5) is 0 Å². The third-order valence-electron chi connectivity index (χ3n) is 9.50. The van der Waals surface area contributed by atoms with Gasteiger partial charge in [0, 0.05) is 19.0 Å². The van der Waals surface area contributed by atoms with Crippen LogP contribution in [0.2, 0.25) is 0 Å². The number of benzene rings is 3. The molecule has 0 saturated heterocycles. The molecule has 48 heavy (non-hydrogen) atoms. The highest BCUT2D eigenvalue weighted by molar-refractivity contribution is 6.01. The third-order valence-corrected chi connectivity index (χ3v) is 9.50. The van der Waals surface area contributed by atoms with Crippen molar-refractivity contribution in [2.24, 2.45) is 10.5 Å². The second-order valence-electron chi connectivity index (χ2n) is 13.6. The van der Waals surface area contributed by atoms with Crippen LogP contribution in [-0.2, 0) is 29.1 Å². The van der Waals surface area contributed by atoms with E-state index in [1.54, 1.807) is 0 Å². The van der Waals surface area contributed by atoms with Crippen molar-refractivity contribution in [2.75, 3.05) is 20.1 Å². The molecule has 1 aromatic heterocycles. The second-order valence-corrected chi connectivity index (χ2v) is 13.6. The molecular weight excluding hydrogens is 602 g/mol. The first-order valence-corrected chi connectivity index (χ1v) is 16.7. The summed E-state index contributed by atoms with van der Waals surface area (Å²) in [7, 11) is 2.17. The fourth-order valence-electron chi connectivity index (χ4n) is 6.63. The van der Waals surface area contributed by atoms with Crippen molar-refractivity contribution in [1.82, 2.24) is 41.3 Å². The lowest BCUT2D eigenvalue weighted by Gasteiger charge is -2.35. The first-order valence-electron chi connectivity index (χ1n) is 16.7. The number of amides is 1. The van der Waals surface area contributed by atoms with Crippen LogP contribution >= 0.6 is 0 Å². The largest absolute Gasteiger partial charge is 0.302 e. The van der Waals surface area contributed by atoms with Gasteiger partial charge in [0.25, 0.3) is 0 Å². The van der Waals surface area contributed by atoms with Crippen LogP contribution in [0.3, 0.4) is 0 Å². The minimum Gasteiger partial charge on any atom is -0.302 e. The Labute approximate surface area is 283 Å². The summed E-state index contributed by atoms with van der Waals surface area (Å²) in [4.78, 5) is 28.5. The quantitative estimate of drug-likeness (QED) is 0.187. The molecule has 5 rings (SSSR count). The van der Waals surface area contributed by atoms with Crippen LogP contribution in [0, 0.1) is 26.2 Å². The molecule has 0 aliphatic carbocycles. The Morgan fingerprint density at radius 2 is 1.77 bits per heavy atom. The van der Waals surface area contributed by atoms with Gasteiger partial charge in [-0.25, -0.2) is 15.2 Å². The van der Waals surface area contributed by atoms with Crippen molar-refractivity contribution >= 4 is 28.7 Å². The number of ketones is 1. The molecule has 0 saturated carbocycles. The molecule has 1 amide bonds. The van der Waals surface area contributed by atoms with Gasteiger partial charge in [0.15, 0.2) is 5.78 Å². The summed E-state index contributed by atoms with van der Waals surface area (Å²) >= 11 is 0. The molecule has 11 heteroatoms. The number of hydrazone groups is 1. The number of carbonyl (C=O) groups is 2. The molecule has 1 atom stereocenters. The van der Waals surface area contributed by atoms with Crippen LogP contribution in [0.25, 0.3) is 11.0 Å². The molecule has 0 spiro atoms. The Morgan fingerprint density at radius 1 is 1.02 bits per heavy atom. The van der Waals surface area contributed by atoms with Gasteiger partial charge in [0.2, 0.25) is 11.9 Å². The lowest BCUT2D eigenvalue weighted by atomic mass is 9.69. The molecule has 0 bridgehead atoms. The van der Waals surface area contributed by atoms with Gasteiger partial charge >= 0.3 is 0 Å². The Morgan fingerprint density at radius 3 is 2.50 bits per heavy atom. The highest BCUT2D eigenvalue weighted by atomic mass is 16.2. The summed E-state index contributed by atoms with van der Waals surface area (Å²) in [5, 5.41) is 17.6. The van der Waals surface area contributed by atoms with Crippen molar-refractivity contribution in [3.05, 3.63) is 93.5 Å². The molecule has 1 aliphatic rings. The molecule has 2 heterocycles. The molecule has 1 aliphatic heterocycles. The predicted molar refractivity (Wildman–Crippen MR) is 190 cm³/mol. The summed E-state index contributed by atoms with van der Waals surface area (Å²) in [6.45, 7) is 16.4. The van der Waals surface area contributed by atoms with Crippen LogP contribution < -0.4 is 16.4 Å². The molecule has 0 radical (unpaired) electrons. The zero-order chi connectivity index (χ0) is 34.6. The highest BCUT2D eigenvalue weighted by Crippen LogP contribution is 2.44. The maximum absolute atomic E-state index is 14.3. The normalized spacial score (nSPS) is 13.9. The maximum Gasteiger partial charge on any atom is 0.240 e. The first-order chi connectivity index (χ1) is 22.9. The number of hydrogen-bond donors (Lipinski definition) is 3. The predicted octanol–water partition coefficient (Wildman–Crippen LogP) is 4.90. The van der Waals surface area contributed by atoms with E-state index in [0.717, 1.165) is 53.7 Å². The van der Waals surface area contributed by atoms with E-state index in [-0.39, 0.29) is 30.1 Å². The SMILES string of the molecule is CCn1nnc2c(C)c([C@H](c3ccc(C)c(CN(C)CCCc4ccccc4C)c3)C(C)(C)C(=O)NC3=NNNN3CC(C)=O)ccc21. The number of nitrogens with zero attached hydrogens (tertiary/aromatic N) is 6. The first kappa shape index (κ1) is 34.7. The molecule has 4 aromatic rings. The standard InChI is InChI=1S/C37H49N9O2/c1-9-45-32-19-18-31(27(5)34(32)39-42-45)33(37(6,7)35(48)38-36-40-41-43-46(36)22-26(4)47)29-17-16-25(3)30(21-29)23-44(8)20-12-15-28-14-11-10-13-24(28)2/h10-11,13-14,16-19,21,33,41,43H,9,12,15,20,22-23H2,1-8H3,(H,38,40,48)/t33-/m0/s1. The van der Waals surface area contributed by atoms with E-state index in [0.29, 0.717) is 6.54 Å². The minimum absolute atomic E-state index is 0.0542. The van der Waals surface area contributed by atoms with Gasteiger partial charge in [-0.1, -0.05) is 67.6 Å². The number of carbonyl (C=O) groups excluding carboxylic acids is 2. The van der Waals surface area contributed by atoms with Crippen molar-refractivity contribution in [3.8, 4) is 0 Å². The topological polar surface area (TPSA) is 120 Å². The second kappa shape index (κ2) is 14.7. The average Bonchev–Trinajstić information content (AvgIpc) is 3.67. The van der Waals surface area contributed by atoms with Gasteiger partial charge in [-0.05, 0) is 106 Å². The van der Waals surface area contributed by atoms with Gasteiger partial charge in [-0.15, -0.1) is 15.7 Å². The average molecular weight is 652 g/mol. The van der Waals surface area contributed by atoms with E-state index in [9.17, 15) is 9.59 Å². The van der Waals surface area contributed by atoms with Crippen molar-refractivity contribution < 1.29 is 9.59 Å². The van der Waals surface area contributed by atoms with Crippen LogP contribution in [0.1, 0.15) is 79.0 Å². The summed E-state index contributed by atoms with van der Waals surface area (Å²) in [5.74, 6) is -0.375. The van der Waals surface area contributed by atoms with Crippen molar-refractivity contribution in [2.45, 2.75) is 80.3 Å². The smallest absolute Gasteiger partial charge is 0.240 e. The number of aryl methyl sites for hydroxylation is 5. The van der Waals surface area contributed by atoms with Crippen molar-refractivity contribution in [3.63, 3.8) is 0 Å². The van der Waals surface area contributed by atoms with Crippen LogP contribution in [-0.4, -0.2) is 62.7 Å². The summed E-state index contributed by atoms with van der Waals surface area (Å²) < 4.78 is 1.89. The minimum atomic E-state index is -0.946. The zero-order valence-corrected chi connectivity index (χ0v) is 29.5. The fraction of sp³-hybridized carbons (Fsp3) is 0.432. The molecular formula is C37H49N9O2. The Balaban J connectivity index is 1.47. The zero-order valence-electron chi connectivity index (χ0n) is 29.5. The fourth-order valence-corrected chi connectivity index (χ4v) is 6.63. The van der Waals surface area contributed by atoms with Crippen molar-refractivity contribution in [1.29, 1.82) is 0 Å².